The smallest absolute Gasteiger partial charge is 0.336 e. The maximum Gasteiger partial charge on any atom is 0.336 e. The molecule has 0 bridgehead atoms. The van der Waals surface area contributed by atoms with Crippen LogP contribution in [0.4, 0.5) is 5.69 Å². The van der Waals surface area contributed by atoms with Crippen molar-refractivity contribution in [1.82, 2.24) is 5.32 Å². The van der Waals surface area contributed by atoms with Crippen molar-refractivity contribution in [3.63, 3.8) is 0 Å². The summed E-state index contributed by atoms with van der Waals surface area (Å²) in [5, 5.41) is 7.08. The van der Waals surface area contributed by atoms with Gasteiger partial charge in [0.2, 0.25) is 0 Å². The lowest BCUT2D eigenvalue weighted by Gasteiger charge is -2.09. The molecule has 0 saturated heterocycles. The van der Waals surface area contributed by atoms with Crippen molar-refractivity contribution in [3.05, 3.63) is 86.9 Å². The van der Waals surface area contributed by atoms with E-state index < -0.39 is 11.5 Å². The summed E-state index contributed by atoms with van der Waals surface area (Å²) in [4.78, 5) is 23.7. The van der Waals surface area contributed by atoms with Gasteiger partial charge in [0.1, 0.15) is 11.3 Å². The lowest BCUT2D eigenvalue weighted by molar-refractivity contribution is 0.0951. The molecular weight excluding hydrogens is 447 g/mol. The van der Waals surface area contributed by atoms with Gasteiger partial charge in [-0.25, -0.2) is 4.79 Å². The molecule has 30 heavy (non-hydrogen) atoms. The zero-order valence-electron chi connectivity index (χ0n) is 15.1. The van der Waals surface area contributed by atoms with Gasteiger partial charge in [-0.05, 0) is 66.8 Å². The molecule has 4 rings (SSSR count). The van der Waals surface area contributed by atoms with Crippen molar-refractivity contribution in [2.24, 2.45) is 0 Å². The molecule has 0 radical (unpaired) electrons. The molecule has 0 fully saturated rings. The summed E-state index contributed by atoms with van der Waals surface area (Å²) in [6.07, 6.45) is 0. The molecule has 4 aromatic rings. The van der Waals surface area contributed by atoms with Crippen LogP contribution in [0.25, 0.3) is 22.3 Å². The number of amides is 1. The fourth-order valence-electron chi connectivity index (χ4n) is 2.74. The van der Waals surface area contributed by atoms with E-state index in [1.165, 1.54) is 12.1 Å². The van der Waals surface area contributed by atoms with Crippen LogP contribution in [0.5, 0.6) is 0 Å². The van der Waals surface area contributed by atoms with Crippen LogP contribution in [-0.4, -0.2) is 11.0 Å². The van der Waals surface area contributed by atoms with Gasteiger partial charge < -0.3 is 14.2 Å². The maximum atomic E-state index is 12.4. The first-order valence-corrected chi connectivity index (χ1v) is 9.77. The Labute approximate surface area is 185 Å². The van der Waals surface area contributed by atoms with Crippen LogP contribution < -0.4 is 16.3 Å². The number of fused-ring (bicyclic) bond motifs is 1. The average Bonchev–Trinajstić information content (AvgIpc) is 3.20. The summed E-state index contributed by atoms with van der Waals surface area (Å²) in [5.74, 6) is 0.0414. The number of thiocarbonyl (C=S) groups is 1. The third-order valence-electron chi connectivity index (χ3n) is 4.14. The summed E-state index contributed by atoms with van der Waals surface area (Å²) >= 11 is 17.1. The van der Waals surface area contributed by atoms with E-state index >= 15 is 0 Å². The van der Waals surface area contributed by atoms with Crippen LogP contribution in [0.3, 0.4) is 0 Å². The van der Waals surface area contributed by atoms with E-state index in [1.807, 2.05) is 0 Å². The number of halogens is 2. The van der Waals surface area contributed by atoms with Crippen LogP contribution in [0.15, 0.2) is 74.3 Å². The van der Waals surface area contributed by atoms with E-state index in [2.05, 4.69) is 10.6 Å². The van der Waals surface area contributed by atoms with Crippen LogP contribution >= 0.6 is 35.4 Å². The number of furan rings is 1. The Hall–Kier alpha value is -3.13. The molecular formula is C21H12Cl2N2O4S. The molecule has 6 nitrogen and oxygen atoms in total. The molecule has 2 aromatic carbocycles. The summed E-state index contributed by atoms with van der Waals surface area (Å²) in [5.41, 5.74) is 1.34. The first kappa shape index (κ1) is 20.2. The zero-order chi connectivity index (χ0) is 21.3. The number of hydrogen-bond donors (Lipinski definition) is 2. The first-order valence-electron chi connectivity index (χ1n) is 8.60. The van der Waals surface area contributed by atoms with E-state index in [0.717, 1.165) is 0 Å². The quantitative estimate of drug-likeness (QED) is 0.312. The summed E-state index contributed by atoms with van der Waals surface area (Å²) in [7, 11) is 0. The minimum Gasteiger partial charge on any atom is -0.451 e. The van der Waals surface area contributed by atoms with Crippen molar-refractivity contribution in [2.75, 3.05) is 5.32 Å². The molecule has 2 heterocycles. The van der Waals surface area contributed by atoms with Crippen molar-refractivity contribution in [1.29, 1.82) is 0 Å². The molecule has 0 aliphatic carbocycles. The molecule has 0 aliphatic rings. The molecule has 2 aromatic heterocycles. The summed E-state index contributed by atoms with van der Waals surface area (Å²) in [6.45, 7) is 0. The number of rotatable bonds is 3. The van der Waals surface area contributed by atoms with Crippen molar-refractivity contribution in [2.45, 2.75) is 0 Å². The minimum absolute atomic E-state index is 0.0838. The summed E-state index contributed by atoms with van der Waals surface area (Å²) in [6, 6.07) is 16.3. The highest BCUT2D eigenvalue weighted by molar-refractivity contribution is 7.80. The highest BCUT2D eigenvalue weighted by Crippen LogP contribution is 2.29. The molecule has 0 saturated carbocycles. The van der Waals surface area contributed by atoms with Gasteiger partial charge >= 0.3 is 5.63 Å². The fraction of sp³-hybridized carbons (Fsp3) is 0. The van der Waals surface area contributed by atoms with E-state index in [1.54, 1.807) is 48.5 Å². The van der Waals surface area contributed by atoms with Gasteiger partial charge in [-0.1, -0.05) is 23.2 Å². The molecule has 1 amide bonds. The number of hydrogen-bond acceptors (Lipinski definition) is 5. The Kier molecular flexibility index (Phi) is 5.59. The molecule has 9 heteroatoms. The second-order valence-corrected chi connectivity index (χ2v) is 7.43. The maximum absolute atomic E-state index is 12.4. The fourth-order valence-corrected chi connectivity index (χ4v) is 3.25. The van der Waals surface area contributed by atoms with Gasteiger partial charge in [0.25, 0.3) is 5.91 Å². The molecule has 0 unspecified atom stereocenters. The topological polar surface area (TPSA) is 84.5 Å². The highest BCUT2D eigenvalue weighted by Gasteiger charge is 2.14. The highest BCUT2D eigenvalue weighted by atomic mass is 35.5. The zero-order valence-corrected chi connectivity index (χ0v) is 17.4. The standard InChI is InChI=1S/C21H12Cl2N2O4S/c22-14-4-1-12(10-15(14)23)16-6-7-18(28-16)20(27)25-21(30)24-13-3-5-17-11(9-13)2-8-19(26)29-17/h1-10H,(H2,24,25,27,30). The van der Waals surface area contributed by atoms with Gasteiger partial charge in [0.05, 0.1) is 10.0 Å². The van der Waals surface area contributed by atoms with Crippen LogP contribution in [0, 0.1) is 0 Å². The Morgan fingerprint density at radius 1 is 0.900 bits per heavy atom. The third-order valence-corrected chi connectivity index (χ3v) is 5.08. The molecule has 0 aliphatic heterocycles. The average molecular weight is 459 g/mol. The van der Waals surface area contributed by atoms with Crippen molar-refractivity contribution in [3.8, 4) is 11.3 Å². The Morgan fingerprint density at radius 2 is 1.73 bits per heavy atom. The van der Waals surface area contributed by atoms with Gasteiger partial charge in [-0.3, -0.25) is 10.1 Å². The van der Waals surface area contributed by atoms with Crippen molar-refractivity contribution < 1.29 is 13.6 Å². The lowest BCUT2D eigenvalue weighted by Crippen LogP contribution is -2.33. The lowest BCUT2D eigenvalue weighted by atomic mass is 10.2. The van der Waals surface area contributed by atoms with Crippen LogP contribution in [0.2, 0.25) is 10.0 Å². The van der Waals surface area contributed by atoms with Crippen LogP contribution in [-0.2, 0) is 0 Å². The molecule has 150 valence electrons. The first-order chi connectivity index (χ1) is 14.4. The Morgan fingerprint density at radius 3 is 2.53 bits per heavy atom. The predicted molar refractivity (Wildman–Crippen MR) is 120 cm³/mol. The number of carbonyl (C=O) groups excluding carboxylic acids is 1. The van der Waals surface area contributed by atoms with Crippen molar-refractivity contribution >= 4 is 63.1 Å². The van der Waals surface area contributed by atoms with Gasteiger partial charge in [-0.2, -0.15) is 0 Å². The molecule has 0 atom stereocenters. The van der Waals surface area contributed by atoms with Gasteiger partial charge in [-0.15, -0.1) is 0 Å². The second kappa shape index (κ2) is 8.31. The summed E-state index contributed by atoms with van der Waals surface area (Å²) < 4.78 is 10.7. The van der Waals surface area contributed by atoms with E-state index in [-0.39, 0.29) is 10.9 Å². The molecule has 0 spiro atoms. The van der Waals surface area contributed by atoms with Gasteiger partial charge in [0.15, 0.2) is 10.9 Å². The Bertz CT molecular complexity index is 1350. The monoisotopic (exact) mass is 458 g/mol. The van der Waals surface area contributed by atoms with Crippen LogP contribution in [0.1, 0.15) is 10.6 Å². The number of carbonyl (C=O) groups is 1. The number of anilines is 1. The second-order valence-electron chi connectivity index (χ2n) is 6.21. The normalized spacial score (nSPS) is 10.7. The van der Waals surface area contributed by atoms with Gasteiger partial charge in [0, 0.05) is 22.7 Å². The largest absolute Gasteiger partial charge is 0.451 e. The Balaban J connectivity index is 1.44. The van der Waals surface area contributed by atoms with E-state index in [0.29, 0.717) is 38.0 Å². The van der Waals surface area contributed by atoms with E-state index in [4.69, 9.17) is 44.3 Å². The third kappa shape index (κ3) is 4.38. The predicted octanol–water partition coefficient (Wildman–Crippen LogP) is 5.49. The van der Waals surface area contributed by atoms with E-state index in [9.17, 15) is 9.59 Å². The number of nitrogens with one attached hydrogen (secondary N) is 2. The molecule has 2 N–H and O–H groups in total. The SMILES string of the molecule is O=C(NC(=S)Nc1ccc2oc(=O)ccc2c1)c1ccc(-c2ccc(Cl)c(Cl)c2)o1. The number of benzene rings is 2. The minimum atomic E-state index is -0.509.